The molecule has 0 saturated carbocycles. The summed E-state index contributed by atoms with van der Waals surface area (Å²) in [4.78, 5) is 20.4. The lowest BCUT2D eigenvalue weighted by atomic mass is 9.98. The minimum Gasteiger partial charge on any atom is -0.349 e. The maximum atomic E-state index is 11.5. The zero-order chi connectivity index (χ0) is 12.0. The van der Waals surface area contributed by atoms with Gasteiger partial charge in [-0.15, -0.1) is 0 Å². The van der Waals surface area contributed by atoms with E-state index >= 15 is 0 Å². The molecule has 92 valence electrons. The second-order valence-electron chi connectivity index (χ2n) is 4.89. The zero-order valence-electron chi connectivity index (χ0n) is 9.40. The number of nitrogens with zero attached hydrogens (tertiary/aromatic N) is 2. The summed E-state index contributed by atoms with van der Waals surface area (Å²) in [6.07, 6.45) is 5.56. The van der Waals surface area contributed by atoms with Gasteiger partial charge in [0.15, 0.2) is 5.82 Å². The molecule has 2 atom stereocenters. The Kier molecular flexibility index (Phi) is 2.60. The van der Waals surface area contributed by atoms with E-state index in [4.69, 9.17) is 17.3 Å². The van der Waals surface area contributed by atoms with Gasteiger partial charge in [0.2, 0.25) is 0 Å². The van der Waals surface area contributed by atoms with Crippen LogP contribution in [0.5, 0.6) is 0 Å². The highest BCUT2D eigenvalue weighted by molar-refractivity contribution is 6.32. The summed E-state index contributed by atoms with van der Waals surface area (Å²) in [5.41, 5.74) is 5.74. The number of aromatic nitrogens is 2. The average molecular weight is 255 g/mol. The molecular weight excluding hydrogens is 240 g/mol. The van der Waals surface area contributed by atoms with Gasteiger partial charge >= 0.3 is 0 Å². The van der Waals surface area contributed by atoms with Crippen LogP contribution in [0.3, 0.4) is 0 Å². The molecule has 3 heterocycles. The summed E-state index contributed by atoms with van der Waals surface area (Å²) in [5.74, 6) is 0.620. The van der Waals surface area contributed by atoms with Crippen LogP contribution < -0.4 is 16.2 Å². The third-order valence-corrected chi connectivity index (χ3v) is 4.13. The van der Waals surface area contributed by atoms with Crippen molar-refractivity contribution in [2.45, 2.75) is 43.8 Å². The Morgan fingerprint density at radius 3 is 2.71 bits per heavy atom. The fraction of sp³-hybridized carbons (Fsp3) is 0.636. The van der Waals surface area contributed by atoms with Gasteiger partial charge in [-0.05, 0) is 25.7 Å². The lowest BCUT2D eigenvalue weighted by Gasteiger charge is -2.38. The summed E-state index contributed by atoms with van der Waals surface area (Å²) in [5, 5.41) is 0.194. The van der Waals surface area contributed by atoms with Gasteiger partial charge in [-0.3, -0.25) is 4.79 Å². The molecule has 3 N–H and O–H groups in total. The van der Waals surface area contributed by atoms with Crippen LogP contribution in [-0.2, 0) is 0 Å². The molecule has 3 rings (SSSR count). The summed E-state index contributed by atoms with van der Waals surface area (Å²) in [6, 6.07) is 1.04. The van der Waals surface area contributed by atoms with E-state index in [2.05, 4.69) is 14.9 Å². The Bertz CT molecular complexity index is 475. The quantitative estimate of drug-likeness (QED) is 0.780. The van der Waals surface area contributed by atoms with Crippen molar-refractivity contribution >= 4 is 17.4 Å². The molecule has 1 aromatic heterocycles. The van der Waals surface area contributed by atoms with Crippen molar-refractivity contribution in [1.29, 1.82) is 0 Å². The first kappa shape index (κ1) is 11.0. The number of hydrogen-bond donors (Lipinski definition) is 2. The average Bonchev–Trinajstić information content (AvgIpc) is 2.55. The van der Waals surface area contributed by atoms with Crippen LogP contribution in [0, 0.1) is 0 Å². The van der Waals surface area contributed by atoms with E-state index in [9.17, 15) is 4.79 Å². The predicted molar refractivity (Wildman–Crippen MR) is 66.4 cm³/mol. The first-order valence-electron chi connectivity index (χ1n) is 5.94. The molecule has 17 heavy (non-hydrogen) atoms. The highest BCUT2D eigenvalue weighted by atomic mass is 35.5. The van der Waals surface area contributed by atoms with Crippen LogP contribution in [0.25, 0.3) is 0 Å². The Balaban J connectivity index is 2.00. The molecule has 0 amide bonds. The van der Waals surface area contributed by atoms with E-state index in [-0.39, 0.29) is 16.6 Å². The third kappa shape index (κ3) is 1.73. The Labute approximate surface area is 104 Å². The van der Waals surface area contributed by atoms with E-state index < -0.39 is 0 Å². The third-order valence-electron chi connectivity index (χ3n) is 3.79. The molecule has 6 heteroatoms. The Morgan fingerprint density at radius 2 is 2.06 bits per heavy atom. The molecule has 2 saturated heterocycles. The second kappa shape index (κ2) is 3.99. The van der Waals surface area contributed by atoms with Crippen LogP contribution in [0.15, 0.2) is 11.1 Å². The summed E-state index contributed by atoms with van der Waals surface area (Å²) < 4.78 is 0. The van der Waals surface area contributed by atoms with E-state index in [1.165, 1.54) is 6.33 Å². The topological polar surface area (TPSA) is 75.0 Å². The molecule has 0 aromatic carbocycles. The zero-order valence-corrected chi connectivity index (χ0v) is 10.2. The molecule has 1 aromatic rings. The van der Waals surface area contributed by atoms with Crippen LogP contribution in [0.4, 0.5) is 5.82 Å². The van der Waals surface area contributed by atoms with E-state index in [0.29, 0.717) is 17.9 Å². The summed E-state index contributed by atoms with van der Waals surface area (Å²) in [6.45, 7) is 0. The summed E-state index contributed by atoms with van der Waals surface area (Å²) >= 11 is 6.04. The number of nitrogens with two attached hydrogens (primary N) is 1. The molecule has 2 bridgehead atoms. The number of halogens is 1. The lowest BCUT2D eigenvalue weighted by molar-refractivity contribution is 0.412. The standard InChI is InChI=1S/C11H15ClN4O/c12-9-10(14-5-15-11(9)17)16-7-1-2-8(16)4-6(13)3-7/h5-8H,1-4,13H2,(H,14,15,17). The van der Waals surface area contributed by atoms with Crippen molar-refractivity contribution in [3.63, 3.8) is 0 Å². The summed E-state index contributed by atoms with van der Waals surface area (Å²) in [7, 11) is 0. The van der Waals surface area contributed by atoms with E-state index in [0.717, 1.165) is 25.7 Å². The molecule has 2 aliphatic rings. The fourth-order valence-corrected chi connectivity index (χ4v) is 3.32. The predicted octanol–water partition coefficient (Wildman–Crippen LogP) is 0.882. The smallest absolute Gasteiger partial charge is 0.271 e. The first-order valence-corrected chi connectivity index (χ1v) is 6.31. The first-order chi connectivity index (χ1) is 8.16. The van der Waals surface area contributed by atoms with Gasteiger partial charge in [0.25, 0.3) is 5.56 Å². The maximum absolute atomic E-state index is 11.5. The highest BCUT2D eigenvalue weighted by Crippen LogP contribution is 2.39. The maximum Gasteiger partial charge on any atom is 0.271 e. The normalized spacial score (nSPS) is 31.9. The monoisotopic (exact) mass is 254 g/mol. The minimum atomic E-state index is -0.272. The number of rotatable bonds is 1. The molecule has 2 aliphatic heterocycles. The van der Waals surface area contributed by atoms with Gasteiger partial charge in [-0.1, -0.05) is 11.6 Å². The fourth-order valence-electron chi connectivity index (χ4n) is 3.12. The molecular formula is C11H15ClN4O. The van der Waals surface area contributed by atoms with Gasteiger partial charge in [0.1, 0.15) is 5.02 Å². The minimum absolute atomic E-state index is 0.194. The number of nitrogens with one attached hydrogen (secondary N) is 1. The van der Waals surface area contributed by atoms with Crippen LogP contribution in [0.2, 0.25) is 5.02 Å². The van der Waals surface area contributed by atoms with Crippen LogP contribution >= 0.6 is 11.6 Å². The second-order valence-corrected chi connectivity index (χ2v) is 5.27. The van der Waals surface area contributed by atoms with Crippen molar-refractivity contribution in [3.8, 4) is 0 Å². The van der Waals surface area contributed by atoms with Gasteiger partial charge < -0.3 is 15.6 Å². The van der Waals surface area contributed by atoms with Crippen LogP contribution in [0.1, 0.15) is 25.7 Å². The van der Waals surface area contributed by atoms with Gasteiger partial charge in [-0.2, -0.15) is 0 Å². The number of anilines is 1. The highest BCUT2D eigenvalue weighted by Gasteiger charge is 2.41. The number of H-pyrrole nitrogens is 1. The van der Waals surface area contributed by atoms with E-state index in [1.807, 2.05) is 0 Å². The molecule has 0 spiro atoms. The Morgan fingerprint density at radius 1 is 1.41 bits per heavy atom. The molecule has 2 unspecified atom stereocenters. The Hall–Kier alpha value is -1.07. The van der Waals surface area contributed by atoms with Crippen molar-refractivity contribution in [3.05, 3.63) is 21.7 Å². The number of piperidine rings is 1. The van der Waals surface area contributed by atoms with Gasteiger partial charge in [0.05, 0.1) is 6.33 Å². The van der Waals surface area contributed by atoms with E-state index in [1.54, 1.807) is 0 Å². The number of fused-ring (bicyclic) bond motifs is 2. The van der Waals surface area contributed by atoms with Crippen LogP contribution in [-0.4, -0.2) is 28.1 Å². The van der Waals surface area contributed by atoms with Crippen molar-refractivity contribution in [2.75, 3.05) is 4.90 Å². The lowest BCUT2D eigenvalue weighted by Crippen LogP contribution is -2.48. The van der Waals surface area contributed by atoms with Crippen molar-refractivity contribution in [1.82, 2.24) is 9.97 Å². The van der Waals surface area contributed by atoms with Crippen molar-refractivity contribution < 1.29 is 0 Å². The van der Waals surface area contributed by atoms with Gasteiger partial charge in [-0.25, -0.2) is 4.98 Å². The molecule has 0 aliphatic carbocycles. The molecule has 2 fully saturated rings. The molecule has 5 nitrogen and oxygen atoms in total. The largest absolute Gasteiger partial charge is 0.349 e. The number of hydrogen-bond acceptors (Lipinski definition) is 4. The SMILES string of the molecule is NC1CC2CCC(C1)N2c1nc[nH]c(=O)c1Cl. The van der Waals surface area contributed by atoms with Gasteiger partial charge in [0, 0.05) is 18.1 Å². The molecule has 0 radical (unpaired) electrons. The number of aromatic amines is 1. The van der Waals surface area contributed by atoms with Crippen molar-refractivity contribution in [2.24, 2.45) is 5.73 Å².